The van der Waals surface area contributed by atoms with Crippen molar-refractivity contribution in [3.8, 4) is 5.69 Å². The summed E-state index contributed by atoms with van der Waals surface area (Å²) in [4.78, 5) is 12.3. The minimum Gasteiger partial charge on any atom is -0.323 e. The van der Waals surface area contributed by atoms with E-state index in [-0.39, 0.29) is 11.8 Å². The van der Waals surface area contributed by atoms with Crippen LogP contribution < -0.4 is 5.32 Å². The van der Waals surface area contributed by atoms with Crippen molar-refractivity contribution in [3.63, 3.8) is 0 Å². The second-order valence-corrected chi connectivity index (χ2v) is 5.76. The molecular weight excluding hydrogens is 262 g/mol. The largest absolute Gasteiger partial charge is 0.323 e. The summed E-state index contributed by atoms with van der Waals surface area (Å²) in [6.07, 6.45) is 4.35. The van der Waals surface area contributed by atoms with Gasteiger partial charge >= 0.3 is 0 Å². The molecule has 2 aromatic rings. The fraction of sp³-hybridized carbons (Fsp3) is 0.412. The average molecular weight is 283 g/mol. The maximum Gasteiger partial charge on any atom is 0.227 e. The number of carbonyl (C=O) groups excluding carboxylic acids is 1. The lowest BCUT2D eigenvalue weighted by Gasteiger charge is -2.11. The second-order valence-electron chi connectivity index (χ2n) is 5.76. The van der Waals surface area contributed by atoms with E-state index in [2.05, 4.69) is 10.4 Å². The van der Waals surface area contributed by atoms with E-state index >= 15 is 0 Å². The topological polar surface area (TPSA) is 46.9 Å². The van der Waals surface area contributed by atoms with Crippen molar-refractivity contribution in [3.05, 3.63) is 41.7 Å². The summed E-state index contributed by atoms with van der Waals surface area (Å²) in [7, 11) is 0. The van der Waals surface area contributed by atoms with Crippen molar-refractivity contribution in [1.29, 1.82) is 0 Å². The van der Waals surface area contributed by atoms with Crippen LogP contribution in [0.5, 0.6) is 0 Å². The summed E-state index contributed by atoms with van der Waals surface area (Å²) in [5.41, 5.74) is 3.71. The first-order valence-electron chi connectivity index (χ1n) is 7.59. The molecule has 0 saturated heterocycles. The van der Waals surface area contributed by atoms with E-state index in [9.17, 15) is 4.79 Å². The number of rotatable bonds is 3. The molecule has 3 rings (SSSR count). The summed E-state index contributed by atoms with van der Waals surface area (Å²) in [6, 6.07) is 9.99. The fourth-order valence-corrected chi connectivity index (χ4v) is 3.06. The van der Waals surface area contributed by atoms with E-state index in [1.165, 1.54) is 12.8 Å². The van der Waals surface area contributed by atoms with E-state index in [0.717, 1.165) is 35.6 Å². The zero-order valence-electron chi connectivity index (χ0n) is 12.6. The normalized spacial score (nSPS) is 15.3. The lowest BCUT2D eigenvalue weighted by molar-refractivity contribution is -0.119. The third-order valence-corrected chi connectivity index (χ3v) is 4.27. The molecule has 0 aliphatic heterocycles. The number of hydrogen-bond donors (Lipinski definition) is 1. The number of nitrogens with one attached hydrogen (secondary N) is 1. The number of para-hydroxylation sites is 1. The van der Waals surface area contributed by atoms with Crippen LogP contribution in [-0.4, -0.2) is 15.7 Å². The van der Waals surface area contributed by atoms with Crippen LogP contribution in [0.1, 0.15) is 37.1 Å². The lowest BCUT2D eigenvalue weighted by Crippen LogP contribution is -2.21. The highest BCUT2D eigenvalue weighted by molar-refractivity contribution is 5.93. The average Bonchev–Trinajstić information content (AvgIpc) is 3.12. The van der Waals surface area contributed by atoms with E-state index in [0.29, 0.717) is 0 Å². The molecule has 4 heteroatoms. The number of amides is 1. The van der Waals surface area contributed by atoms with Crippen LogP contribution in [0.3, 0.4) is 0 Å². The summed E-state index contributed by atoms with van der Waals surface area (Å²) >= 11 is 0. The van der Waals surface area contributed by atoms with Gasteiger partial charge in [0.25, 0.3) is 0 Å². The number of anilines is 1. The smallest absolute Gasteiger partial charge is 0.227 e. The van der Waals surface area contributed by atoms with Gasteiger partial charge in [0.1, 0.15) is 0 Å². The number of benzene rings is 1. The van der Waals surface area contributed by atoms with E-state index < -0.39 is 0 Å². The van der Waals surface area contributed by atoms with Gasteiger partial charge in [-0.05, 0) is 38.8 Å². The fourth-order valence-electron chi connectivity index (χ4n) is 3.06. The lowest BCUT2D eigenvalue weighted by atomic mass is 10.1. The molecule has 1 N–H and O–H groups in total. The second kappa shape index (κ2) is 5.72. The van der Waals surface area contributed by atoms with Gasteiger partial charge in [-0.2, -0.15) is 5.10 Å². The van der Waals surface area contributed by atoms with Crippen molar-refractivity contribution < 1.29 is 4.79 Å². The van der Waals surface area contributed by atoms with E-state index in [1.807, 2.05) is 48.9 Å². The summed E-state index contributed by atoms with van der Waals surface area (Å²) < 4.78 is 1.89. The molecule has 0 radical (unpaired) electrons. The van der Waals surface area contributed by atoms with Crippen LogP contribution >= 0.6 is 0 Å². The van der Waals surface area contributed by atoms with Crippen molar-refractivity contribution in [2.75, 3.05) is 5.32 Å². The Morgan fingerprint density at radius 3 is 2.52 bits per heavy atom. The number of carbonyl (C=O) groups is 1. The van der Waals surface area contributed by atoms with Crippen LogP contribution in [0.25, 0.3) is 5.69 Å². The molecule has 1 aliphatic rings. The highest BCUT2D eigenvalue weighted by atomic mass is 16.1. The first-order chi connectivity index (χ1) is 10.2. The minimum atomic E-state index is 0.145. The number of nitrogens with zero attached hydrogens (tertiary/aromatic N) is 2. The molecule has 1 aromatic heterocycles. The van der Waals surface area contributed by atoms with Crippen LogP contribution in [-0.2, 0) is 4.79 Å². The Kier molecular flexibility index (Phi) is 3.78. The molecule has 1 fully saturated rings. The first-order valence-corrected chi connectivity index (χ1v) is 7.59. The molecular formula is C17H21N3O. The number of aromatic nitrogens is 2. The molecule has 21 heavy (non-hydrogen) atoms. The molecule has 4 nitrogen and oxygen atoms in total. The van der Waals surface area contributed by atoms with E-state index in [1.54, 1.807) is 0 Å². The van der Waals surface area contributed by atoms with Gasteiger partial charge in [-0.3, -0.25) is 4.79 Å². The van der Waals surface area contributed by atoms with Crippen LogP contribution in [0, 0.1) is 19.8 Å². The van der Waals surface area contributed by atoms with Gasteiger partial charge in [0, 0.05) is 5.92 Å². The Morgan fingerprint density at radius 2 is 1.86 bits per heavy atom. The zero-order valence-corrected chi connectivity index (χ0v) is 12.6. The molecule has 1 amide bonds. The highest BCUT2D eigenvalue weighted by Gasteiger charge is 2.24. The van der Waals surface area contributed by atoms with E-state index in [4.69, 9.17) is 0 Å². The Balaban J connectivity index is 1.86. The molecule has 0 spiro atoms. The summed E-state index contributed by atoms with van der Waals surface area (Å²) in [5.74, 6) is 0.315. The predicted molar refractivity (Wildman–Crippen MR) is 83.6 cm³/mol. The van der Waals surface area contributed by atoms with Gasteiger partial charge in [0.2, 0.25) is 5.91 Å². The standard InChI is InChI=1S/C17H21N3O/c1-12-16(18-17(21)14-8-6-7-9-14)13(2)20(19-12)15-10-4-3-5-11-15/h3-5,10-11,14H,6-9H2,1-2H3,(H,18,21). The number of aryl methyl sites for hydroxylation is 1. The maximum atomic E-state index is 12.3. The highest BCUT2D eigenvalue weighted by Crippen LogP contribution is 2.28. The van der Waals surface area contributed by atoms with Gasteiger partial charge in [-0.25, -0.2) is 4.68 Å². The molecule has 1 saturated carbocycles. The Hall–Kier alpha value is -2.10. The molecule has 0 atom stereocenters. The van der Waals surface area contributed by atoms with Gasteiger partial charge < -0.3 is 5.32 Å². The third kappa shape index (κ3) is 2.71. The number of hydrogen-bond acceptors (Lipinski definition) is 2. The molecule has 0 bridgehead atoms. The Bertz CT molecular complexity index is 640. The van der Waals surface area contributed by atoms with Crippen LogP contribution in [0.15, 0.2) is 30.3 Å². The molecule has 110 valence electrons. The first kappa shape index (κ1) is 13.9. The van der Waals surface area contributed by atoms with Gasteiger partial charge in [-0.15, -0.1) is 0 Å². The van der Waals surface area contributed by atoms with Crippen molar-refractivity contribution in [1.82, 2.24) is 9.78 Å². The molecule has 1 aromatic carbocycles. The SMILES string of the molecule is Cc1nn(-c2ccccc2)c(C)c1NC(=O)C1CCCC1. The Labute approximate surface area is 125 Å². The maximum absolute atomic E-state index is 12.3. The van der Waals surface area contributed by atoms with Gasteiger partial charge in [-0.1, -0.05) is 31.0 Å². The third-order valence-electron chi connectivity index (χ3n) is 4.27. The monoisotopic (exact) mass is 283 g/mol. The molecule has 0 unspecified atom stereocenters. The Morgan fingerprint density at radius 1 is 1.19 bits per heavy atom. The zero-order chi connectivity index (χ0) is 14.8. The van der Waals surface area contributed by atoms with Crippen molar-refractivity contribution >= 4 is 11.6 Å². The summed E-state index contributed by atoms with van der Waals surface area (Å²) in [6.45, 7) is 3.94. The molecule has 1 heterocycles. The van der Waals surface area contributed by atoms with Crippen LogP contribution in [0.2, 0.25) is 0 Å². The minimum absolute atomic E-state index is 0.145. The predicted octanol–water partition coefficient (Wildman–Crippen LogP) is 3.62. The van der Waals surface area contributed by atoms with Crippen LogP contribution in [0.4, 0.5) is 5.69 Å². The quantitative estimate of drug-likeness (QED) is 0.935. The van der Waals surface area contributed by atoms with Gasteiger partial charge in [0.05, 0.1) is 22.8 Å². The van der Waals surface area contributed by atoms with Crippen molar-refractivity contribution in [2.45, 2.75) is 39.5 Å². The summed E-state index contributed by atoms with van der Waals surface area (Å²) in [5, 5.41) is 7.65. The molecule has 1 aliphatic carbocycles. The van der Waals surface area contributed by atoms with Crippen molar-refractivity contribution in [2.24, 2.45) is 5.92 Å². The van der Waals surface area contributed by atoms with Gasteiger partial charge in [0.15, 0.2) is 0 Å².